The maximum absolute atomic E-state index is 12.8. The summed E-state index contributed by atoms with van der Waals surface area (Å²) in [6.45, 7) is 3.08. The molecule has 1 amide bonds. The summed E-state index contributed by atoms with van der Waals surface area (Å²) >= 11 is 2.04. The molecule has 2 fully saturated rings. The Labute approximate surface area is 131 Å². The molecule has 1 aromatic rings. The summed E-state index contributed by atoms with van der Waals surface area (Å²) in [5.74, 6) is 3.43. The second-order valence-corrected chi connectivity index (χ2v) is 7.21. The first-order valence-electron chi connectivity index (χ1n) is 7.98. The predicted octanol–water partition coefficient (Wildman–Crippen LogP) is 3.04. The van der Waals surface area contributed by atoms with Gasteiger partial charge in [-0.2, -0.15) is 11.8 Å². The lowest BCUT2D eigenvalue weighted by atomic mass is 10.0. The Morgan fingerprint density at radius 2 is 1.95 bits per heavy atom. The Morgan fingerprint density at radius 1 is 1.24 bits per heavy atom. The van der Waals surface area contributed by atoms with Gasteiger partial charge in [0.05, 0.1) is 6.17 Å². The highest BCUT2D eigenvalue weighted by Gasteiger charge is 2.39. The zero-order chi connectivity index (χ0) is 14.7. The third-order valence-corrected chi connectivity index (χ3v) is 5.63. The molecule has 0 spiro atoms. The highest BCUT2D eigenvalue weighted by Crippen LogP contribution is 2.29. The minimum atomic E-state index is -0.158. The van der Waals surface area contributed by atoms with Gasteiger partial charge in [-0.05, 0) is 42.2 Å². The van der Waals surface area contributed by atoms with Gasteiger partial charge >= 0.3 is 0 Å². The van der Waals surface area contributed by atoms with E-state index in [1.165, 1.54) is 24.3 Å². The molecule has 1 N–H and O–H groups in total. The molecule has 0 radical (unpaired) electrons. The van der Waals surface area contributed by atoms with E-state index in [0.29, 0.717) is 5.92 Å². The number of benzene rings is 1. The van der Waals surface area contributed by atoms with Crippen LogP contribution in [0.2, 0.25) is 0 Å². The third-order valence-electron chi connectivity index (χ3n) is 4.58. The van der Waals surface area contributed by atoms with E-state index in [-0.39, 0.29) is 18.1 Å². The van der Waals surface area contributed by atoms with Crippen molar-refractivity contribution in [1.82, 2.24) is 10.2 Å². The molecule has 2 atom stereocenters. The van der Waals surface area contributed by atoms with Crippen molar-refractivity contribution in [2.24, 2.45) is 5.92 Å². The molecule has 2 heterocycles. The fourth-order valence-electron chi connectivity index (χ4n) is 3.32. The highest BCUT2D eigenvalue weighted by molar-refractivity contribution is 7.99. The van der Waals surface area contributed by atoms with Crippen molar-refractivity contribution >= 4 is 17.7 Å². The summed E-state index contributed by atoms with van der Waals surface area (Å²) in [7, 11) is 0. The van der Waals surface area contributed by atoms with Gasteiger partial charge in [0.2, 0.25) is 5.91 Å². The molecule has 4 heteroatoms. The van der Waals surface area contributed by atoms with Crippen LogP contribution in [-0.4, -0.2) is 35.0 Å². The number of hydrogen-bond acceptors (Lipinski definition) is 3. The number of carbonyl (C=O) groups excluding carboxylic acids is 1. The number of hydrogen-bond donors (Lipinski definition) is 1. The maximum atomic E-state index is 12.8. The molecule has 2 saturated heterocycles. The minimum Gasteiger partial charge on any atom is -0.325 e. The van der Waals surface area contributed by atoms with Crippen molar-refractivity contribution in [1.29, 1.82) is 0 Å². The largest absolute Gasteiger partial charge is 0.325 e. The molecule has 1 aromatic carbocycles. The van der Waals surface area contributed by atoms with E-state index in [0.717, 1.165) is 18.5 Å². The molecular weight excluding hydrogens is 280 g/mol. The Bertz CT molecular complexity index is 473. The van der Waals surface area contributed by atoms with E-state index in [2.05, 4.69) is 17.1 Å². The predicted molar refractivity (Wildman–Crippen MR) is 88.2 cm³/mol. The van der Waals surface area contributed by atoms with Crippen molar-refractivity contribution < 1.29 is 4.79 Å². The summed E-state index contributed by atoms with van der Waals surface area (Å²) < 4.78 is 0. The van der Waals surface area contributed by atoms with Crippen LogP contribution in [0.25, 0.3) is 0 Å². The molecule has 21 heavy (non-hydrogen) atoms. The Balaban J connectivity index is 1.72. The van der Waals surface area contributed by atoms with Crippen LogP contribution in [-0.2, 0) is 4.79 Å². The first-order valence-corrected chi connectivity index (χ1v) is 9.14. The van der Waals surface area contributed by atoms with Crippen LogP contribution >= 0.6 is 11.8 Å². The van der Waals surface area contributed by atoms with Gasteiger partial charge in [-0.25, -0.2) is 0 Å². The van der Waals surface area contributed by atoms with E-state index in [1.807, 2.05) is 42.1 Å². The van der Waals surface area contributed by atoms with E-state index >= 15 is 0 Å². The number of carbonyl (C=O) groups is 1. The van der Waals surface area contributed by atoms with Crippen LogP contribution in [0.4, 0.5) is 0 Å². The third kappa shape index (κ3) is 3.27. The first-order chi connectivity index (χ1) is 10.3. The van der Waals surface area contributed by atoms with Gasteiger partial charge in [0.1, 0.15) is 6.04 Å². The van der Waals surface area contributed by atoms with E-state index in [9.17, 15) is 4.79 Å². The summed E-state index contributed by atoms with van der Waals surface area (Å²) in [5.41, 5.74) is 1.09. The zero-order valence-electron chi connectivity index (χ0n) is 12.6. The minimum absolute atomic E-state index is 0.158. The van der Waals surface area contributed by atoms with Crippen molar-refractivity contribution in [2.45, 2.75) is 38.4 Å². The van der Waals surface area contributed by atoms with Crippen molar-refractivity contribution in [2.75, 3.05) is 18.1 Å². The van der Waals surface area contributed by atoms with Crippen LogP contribution in [0.1, 0.15) is 37.8 Å². The highest BCUT2D eigenvalue weighted by atomic mass is 32.2. The van der Waals surface area contributed by atoms with Gasteiger partial charge in [0, 0.05) is 6.54 Å². The second kappa shape index (κ2) is 6.84. The normalized spacial score (nSPS) is 27.3. The fourth-order valence-corrected chi connectivity index (χ4v) is 4.52. The Hall–Kier alpha value is -1.00. The van der Waals surface area contributed by atoms with E-state index < -0.39 is 0 Å². The van der Waals surface area contributed by atoms with Gasteiger partial charge in [0.15, 0.2) is 0 Å². The summed E-state index contributed by atoms with van der Waals surface area (Å²) in [6.07, 6.45) is 3.66. The van der Waals surface area contributed by atoms with E-state index in [1.54, 1.807) is 0 Å². The molecule has 2 aliphatic heterocycles. The zero-order valence-corrected chi connectivity index (χ0v) is 13.4. The molecule has 0 aromatic heterocycles. The lowest BCUT2D eigenvalue weighted by Crippen LogP contribution is -2.40. The topological polar surface area (TPSA) is 32.3 Å². The molecular formula is C17H24N2OS. The Kier molecular flexibility index (Phi) is 4.86. The summed E-state index contributed by atoms with van der Waals surface area (Å²) in [4.78, 5) is 14.9. The Morgan fingerprint density at radius 3 is 2.62 bits per heavy atom. The van der Waals surface area contributed by atoms with Crippen LogP contribution in [0.15, 0.2) is 30.3 Å². The van der Waals surface area contributed by atoms with Crippen molar-refractivity contribution in [3.05, 3.63) is 35.9 Å². The number of thioether (sulfide) groups is 1. The molecule has 114 valence electrons. The van der Waals surface area contributed by atoms with Crippen LogP contribution < -0.4 is 5.32 Å². The fraction of sp³-hybridized carbons (Fsp3) is 0.588. The first kappa shape index (κ1) is 14.9. The molecule has 0 aliphatic carbocycles. The molecule has 0 saturated carbocycles. The van der Waals surface area contributed by atoms with Crippen LogP contribution in [0.3, 0.4) is 0 Å². The number of nitrogens with one attached hydrogen (secondary N) is 1. The molecule has 2 unspecified atom stereocenters. The molecule has 3 nitrogen and oxygen atoms in total. The van der Waals surface area contributed by atoms with Gasteiger partial charge in [-0.1, -0.05) is 37.3 Å². The van der Waals surface area contributed by atoms with Crippen molar-refractivity contribution in [3.63, 3.8) is 0 Å². The summed E-state index contributed by atoms with van der Waals surface area (Å²) in [6, 6.07) is 9.94. The SMILES string of the molecule is CCC1NC(c2ccccc2)C(=O)N1CC1CCSCC1. The van der Waals surface area contributed by atoms with Gasteiger partial charge in [-0.15, -0.1) is 0 Å². The van der Waals surface area contributed by atoms with Gasteiger partial charge < -0.3 is 4.90 Å². The van der Waals surface area contributed by atoms with Gasteiger partial charge in [0.25, 0.3) is 0 Å². The lowest BCUT2D eigenvalue weighted by molar-refractivity contribution is -0.130. The van der Waals surface area contributed by atoms with Crippen LogP contribution in [0, 0.1) is 5.92 Å². The average Bonchev–Trinajstić information content (AvgIpc) is 2.86. The number of amides is 1. The molecule has 0 bridgehead atoms. The quantitative estimate of drug-likeness (QED) is 0.928. The smallest absolute Gasteiger partial charge is 0.245 e. The molecule has 2 aliphatic rings. The lowest BCUT2D eigenvalue weighted by Gasteiger charge is -2.30. The van der Waals surface area contributed by atoms with Crippen LogP contribution in [0.5, 0.6) is 0 Å². The average molecular weight is 304 g/mol. The number of nitrogens with zero attached hydrogens (tertiary/aromatic N) is 1. The summed E-state index contributed by atoms with van der Waals surface area (Å²) in [5, 5.41) is 3.52. The van der Waals surface area contributed by atoms with E-state index in [4.69, 9.17) is 0 Å². The monoisotopic (exact) mass is 304 g/mol. The van der Waals surface area contributed by atoms with Gasteiger partial charge in [-0.3, -0.25) is 10.1 Å². The maximum Gasteiger partial charge on any atom is 0.245 e. The van der Waals surface area contributed by atoms with Crippen molar-refractivity contribution in [3.8, 4) is 0 Å². The number of rotatable bonds is 4. The standard InChI is InChI=1S/C17H24N2OS/c1-2-15-18-16(14-6-4-3-5-7-14)17(20)19(15)12-13-8-10-21-11-9-13/h3-7,13,15-16,18H,2,8-12H2,1H3. The second-order valence-electron chi connectivity index (χ2n) is 5.98. The molecule has 3 rings (SSSR count).